The summed E-state index contributed by atoms with van der Waals surface area (Å²) < 4.78 is 4.71. The molecule has 5 heteroatoms. The van der Waals surface area contributed by atoms with E-state index in [0.717, 1.165) is 25.9 Å². The van der Waals surface area contributed by atoms with Gasteiger partial charge in [-0.3, -0.25) is 4.79 Å². The van der Waals surface area contributed by atoms with Crippen molar-refractivity contribution >= 4 is 11.9 Å². The molecule has 1 fully saturated rings. The molecule has 0 spiro atoms. The minimum atomic E-state index is -0.278. The maximum absolute atomic E-state index is 11.4. The first kappa shape index (κ1) is 16.4. The molecule has 0 aliphatic carbocycles. The van der Waals surface area contributed by atoms with Gasteiger partial charge < -0.3 is 9.64 Å². The Kier molecular flexibility index (Phi) is 5.41. The fourth-order valence-electron chi connectivity index (χ4n) is 3.21. The van der Waals surface area contributed by atoms with Crippen LogP contribution in [0, 0.1) is 0 Å². The summed E-state index contributed by atoms with van der Waals surface area (Å²) in [6.07, 6.45) is 5.30. The molecule has 0 radical (unpaired) electrons. The molecule has 3 rings (SSSR count). The van der Waals surface area contributed by atoms with Crippen LogP contribution in [0.1, 0.15) is 36.4 Å². The van der Waals surface area contributed by atoms with Gasteiger partial charge in [-0.1, -0.05) is 30.3 Å². The van der Waals surface area contributed by atoms with Gasteiger partial charge in [-0.2, -0.15) is 0 Å². The summed E-state index contributed by atoms with van der Waals surface area (Å²) in [6, 6.07) is 12.5. The molecule has 1 aromatic carbocycles. The lowest BCUT2D eigenvalue weighted by Gasteiger charge is -2.21. The van der Waals surface area contributed by atoms with Gasteiger partial charge >= 0.3 is 5.97 Å². The number of carbonyl (C=O) groups is 1. The molecule has 1 saturated heterocycles. The van der Waals surface area contributed by atoms with Crippen molar-refractivity contribution < 1.29 is 9.53 Å². The second kappa shape index (κ2) is 7.90. The Morgan fingerprint density at radius 1 is 1.21 bits per heavy atom. The molecular weight excluding hydrogens is 302 g/mol. The summed E-state index contributed by atoms with van der Waals surface area (Å²) in [5.74, 6) is 1.03. The average Bonchev–Trinajstić information content (AvgIpc) is 2.89. The molecule has 1 aliphatic heterocycles. The molecule has 24 heavy (non-hydrogen) atoms. The van der Waals surface area contributed by atoms with Crippen molar-refractivity contribution in [3.05, 3.63) is 53.9 Å². The number of esters is 1. The van der Waals surface area contributed by atoms with Gasteiger partial charge in [-0.25, -0.2) is 9.97 Å². The van der Waals surface area contributed by atoms with Gasteiger partial charge in [0.2, 0.25) is 5.95 Å². The standard InChI is InChI=1S/C19H23N3O2/c1-24-18(23)14-17-9-11-20-19(21-17)22-12-5-8-16(10-13-22)15-6-3-2-4-7-15/h2-4,6-7,9,11,16H,5,8,10,12-14H2,1H3/t16-/m1/s1. The van der Waals surface area contributed by atoms with Crippen LogP contribution >= 0.6 is 0 Å². The molecular formula is C19H23N3O2. The van der Waals surface area contributed by atoms with E-state index < -0.39 is 0 Å². The number of methoxy groups -OCH3 is 1. The third kappa shape index (κ3) is 4.10. The lowest BCUT2D eigenvalue weighted by atomic mass is 9.92. The average molecular weight is 325 g/mol. The number of aromatic nitrogens is 2. The highest BCUT2D eigenvalue weighted by atomic mass is 16.5. The van der Waals surface area contributed by atoms with E-state index in [4.69, 9.17) is 4.74 Å². The van der Waals surface area contributed by atoms with Crippen molar-refractivity contribution in [2.24, 2.45) is 0 Å². The first-order valence-electron chi connectivity index (χ1n) is 8.45. The van der Waals surface area contributed by atoms with Crippen LogP contribution in [0.2, 0.25) is 0 Å². The van der Waals surface area contributed by atoms with Crippen molar-refractivity contribution in [3.8, 4) is 0 Å². The van der Waals surface area contributed by atoms with E-state index in [-0.39, 0.29) is 12.4 Å². The fraction of sp³-hybridized carbons (Fsp3) is 0.421. The quantitative estimate of drug-likeness (QED) is 0.809. The Morgan fingerprint density at radius 2 is 2.04 bits per heavy atom. The highest BCUT2D eigenvalue weighted by molar-refractivity contribution is 5.71. The second-order valence-electron chi connectivity index (χ2n) is 6.13. The van der Waals surface area contributed by atoms with Crippen molar-refractivity contribution in [3.63, 3.8) is 0 Å². The maximum atomic E-state index is 11.4. The first-order valence-corrected chi connectivity index (χ1v) is 8.45. The number of nitrogens with zero attached hydrogens (tertiary/aromatic N) is 3. The fourth-order valence-corrected chi connectivity index (χ4v) is 3.21. The molecule has 2 aromatic rings. The Morgan fingerprint density at radius 3 is 2.83 bits per heavy atom. The zero-order chi connectivity index (χ0) is 16.8. The lowest BCUT2D eigenvalue weighted by Crippen LogP contribution is -2.26. The molecule has 1 atom stereocenters. The van der Waals surface area contributed by atoms with Crippen molar-refractivity contribution in [1.82, 2.24) is 9.97 Å². The van der Waals surface area contributed by atoms with E-state index in [1.165, 1.54) is 19.1 Å². The highest BCUT2D eigenvalue weighted by Gasteiger charge is 2.20. The zero-order valence-electron chi connectivity index (χ0n) is 14.0. The first-order chi connectivity index (χ1) is 11.8. The van der Waals surface area contributed by atoms with Crippen LogP contribution in [0.25, 0.3) is 0 Å². The Hall–Kier alpha value is -2.43. The van der Waals surface area contributed by atoms with Crippen molar-refractivity contribution in [2.75, 3.05) is 25.1 Å². The lowest BCUT2D eigenvalue weighted by molar-refractivity contribution is -0.139. The van der Waals surface area contributed by atoms with Crippen molar-refractivity contribution in [1.29, 1.82) is 0 Å². The molecule has 1 aromatic heterocycles. The highest BCUT2D eigenvalue weighted by Crippen LogP contribution is 2.28. The monoisotopic (exact) mass is 325 g/mol. The summed E-state index contributed by atoms with van der Waals surface area (Å²) >= 11 is 0. The van der Waals surface area contributed by atoms with Gasteiger partial charge in [0, 0.05) is 19.3 Å². The van der Waals surface area contributed by atoms with E-state index in [1.54, 1.807) is 12.3 Å². The van der Waals surface area contributed by atoms with Crippen molar-refractivity contribution in [2.45, 2.75) is 31.6 Å². The summed E-state index contributed by atoms with van der Waals surface area (Å²) in [5.41, 5.74) is 2.12. The minimum Gasteiger partial charge on any atom is -0.469 e. The predicted octanol–water partition coefficient (Wildman–Crippen LogP) is 2.97. The summed E-state index contributed by atoms with van der Waals surface area (Å²) in [4.78, 5) is 22.6. The third-order valence-corrected chi connectivity index (χ3v) is 4.54. The summed E-state index contributed by atoms with van der Waals surface area (Å²) in [6.45, 7) is 1.88. The van der Waals surface area contributed by atoms with E-state index in [0.29, 0.717) is 17.6 Å². The number of ether oxygens (including phenoxy) is 1. The number of benzene rings is 1. The molecule has 5 nitrogen and oxygen atoms in total. The number of hydrogen-bond acceptors (Lipinski definition) is 5. The Balaban J connectivity index is 1.68. The molecule has 0 N–H and O–H groups in total. The molecule has 2 heterocycles. The molecule has 0 unspecified atom stereocenters. The van der Waals surface area contributed by atoms with Crippen LogP contribution in [-0.2, 0) is 16.0 Å². The van der Waals surface area contributed by atoms with Gasteiger partial charge in [0.25, 0.3) is 0 Å². The van der Waals surface area contributed by atoms with Crippen LogP contribution in [0.15, 0.2) is 42.6 Å². The van der Waals surface area contributed by atoms with Gasteiger partial charge in [0.1, 0.15) is 0 Å². The summed E-state index contributed by atoms with van der Waals surface area (Å²) in [7, 11) is 1.39. The Labute approximate surface area is 142 Å². The van der Waals surface area contributed by atoms with Crippen LogP contribution in [-0.4, -0.2) is 36.1 Å². The number of carbonyl (C=O) groups excluding carboxylic acids is 1. The number of rotatable bonds is 4. The van der Waals surface area contributed by atoms with Gasteiger partial charge in [0.05, 0.1) is 19.2 Å². The molecule has 0 bridgehead atoms. The zero-order valence-corrected chi connectivity index (χ0v) is 14.0. The van der Waals surface area contributed by atoms with Crippen LogP contribution in [0.3, 0.4) is 0 Å². The van der Waals surface area contributed by atoms with Crippen LogP contribution in [0.4, 0.5) is 5.95 Å². The Bertz CT molecular complexity index is 675. The number of hydrogen-bond donors (Lipinski definition) is 0. The topological polar surface area (TPSA) is 55.3 Å². The minimum absolute atomic E-state index is 0.187. The third-order valence-electron chi connectivity index (χ3n) is 4.54. The summed E-state index contributed by atoms with van der Waals surface area (Å²) in [5, 5.41) is 0. The normalized spacial score (nSPS) is 18.0. The molecule has 1 aliphatic rings. The van der Waals surface area contributed by atoms with Gasteiger partial charge in [-0.05, 0) is 36.8 Å². The van der Waals surface area contributed by atoms with E-state index in [9.17, 15) is 4.79 Å². The SMILES string of the molecule is COC(=O)Cc1ccnc(N2CCC[C@@H](c3ccccc3)CC2)n1. The van der Waals surface area contributed by atoms with Crippen LogP contribution < -0.4 is 4.90 Å². The molecule has 126 valence electrons. The van der Waals surface area contributed by atoms with E-state index >= 15 is 0 Å². The van der Waals surface area contributed by atoms with Gasteiger partial charge in [0.15, 0.2) is 0 Å². The van der Waals surface area contributed by atoms with E-state index in [1.807, 2.05) is 0 Å². The smallest absolute Gasteiger partial charge is 0.311 e. The predicted molar refractivity (Wildman–Crippen MR) is 93.0 cm³/mol. The second-order valence-corrected chi connectivity index (χ2v) is 6.13. The van der Waals surface area contributed by atoms with Gasteiger partial charge in [-0.15, -0.1) is 0 Å². The number of anilines is 1. The maximum Gasteiger partial charge on any atom is 0.311 e. The molecule has 0 saturated carbocycles. The molecule has 0 amide bonds. The van der Waals surface area contributed by atoms with E-state index in [2.05, 4.69) is 45.2 Å². The largest absolute Gasteiger partial charge is 0.469 e. The van der Waals surface area contributed by atoms with Crippen LogP contribution in [0.5, 0.6) is 0 Å².